The Balaban J connectivity index is 1.93. The Morgan fingerprint density at radius 1 is 0.875 bits per heavy atom. The molecule has 0 saturated carbocycles. The van der Waals surface area contributed by atoms with E-state index in [0.717, 1.165) is 18.5 Å². The number of carbonyl (C=O) groups is 3. The van der Waals surface area contributed by atoms with Crippen molar-refractivity contribution < 1.29 is 31.9 Å². The molecule has 3 aromatic rings. The SMILES string of the molecule is CNC(=O)c1cnc(Nc2ccc(F)cn2)cc1Nc1ccc(C(=O)NNC(=O)OC(C)(C)C)cc1S(C)(=O)=O. The lowest BCUT2D eigenvalue weighted by atomic mass is 10.1. The van der Waals surface area contributed by atoms with Crippen molar-refractivity contribution in [3.8, 4) is 0 Å². The number of benzene rings is 1. The molecule has 0 saturated heterocycles. The Hall–Kier alpha value is -4.79. The largest absolute Gasteiger partial charge is 0.443 e. The van der Waals surface area contributed by atoms with Gasteiger partial charge in [-0.3, -0.25) is 15.0 Å². The Bertz CT molecular complexity index is 1540. The summed E-state index contributed by atoms with van der Waals surface area (Å²) < 4.78 is 43.5. The smallest absolute Gasteiger partial charge is 0.426 e. The number of pyridine rings is 2. The third kappa shape index (κ3) is 8.10. The van der Waals surface area contributed by atoms with E-state index in [9.17, 15) is 27.2 Å². The first-order valence-corrected chi connectivity index (χ1v) is 13.6. The minimum Gasteiger partial charge on any atom is -0.443 e. The predicted octanol–water partition coefficient (Wildman–Crippen LogP) is 3.04. The van der Waals surface area contributed by atoms with Crippen LogP contribution in [0.15, 0.2) is 53.7 Å². The Morgan fingerprint density at radius 3 is 2.17 bits per heavy atom. The molecule has 212 valence electrons. The number of sulfone groups is 1. The first-order chi connectivity index (χ1) is 18.7. The topological polar surface area (TPSA) is 181 Å². The van der Waals surface area contributed by atoms with Gasteiger partial charge in [0.2, 0.25) is 0 Å². The van der Waals surface area contributed by atoms with Gasteiger partial charge >= 0.3 is 6.09 Å². The first kappa shape index (κ1) is 29.8. The van der Waals surface area contributed by atoms with Crippen molar-refractivity contribution in [2.45, 2.75) is 31.3 Å². The van der Waals surface area contributed by atoms with Gasteiger partial charge in [-0.1, -0.05) is 0 Å². The van der Waals surface area contributed by atoms with Crippen molar-refractivity contribution in [1.82, 2.24) is 26.1 Å². The normalized spacial score (nSPS) is 11.2. The number of aromatic nitrogens is 2. The fourth-order valence-electron chi connectivity index (χ4n) is 3.23. The molecule has 0 fully saturated rings. The van der Waals surface area contributed by atoms with E-state index in [0.29, 0.717) is 0 Å². The van der Waals surface area contributed by atoms with Crippen LogP contribution in [0.1, 0.15) is 41.5 Å². The van der Waals surface area contributed by atoms with E-state index in [1.165, 1.54) is 43.6 Å². The second kappa shape index (κ2) is 11.9. The molecule has 3 rings (SSSR count). The summed E-state index contributed by atoms with van der Waals surface area (Å²) in [6.45, 7) is 4.95. The van der Waals surface area contributed by atoms with Crippen LogP contribution in [0.5, 0.6) is 0 Å². The second-order valence-electron chi connectivity index (χ2n) is 9.37. The first-order valence-electron chi connectivity index (χ1n) is 11.7. The highest BCUT2D eigenvalue weighted by atomic mass is 32.2. The molecule has 0 aliphatic heterocycles. The molecule has 1 aromatic carbocycles. The quantitative estimate of drug-likeness (QED) is 0.264. The lowest BCUT2D eigenvalue weighted by Gasteiger charge is -2.20. The monoisotopic (exact) mass is 573 g/mol. The highest BCUT2D eigenvalue weighted by Crippen LogP contribution is 2.30. The van der Waals surface area contributed by atoms with Crippen LogP contribution >= 0.6 is 0 Å². The van der Waals surface area contributed by atoms with Crippen LogP contribution in [0.25, 0.3) is 0 Å². The fourth-order valence-corrected chi connectivity index (χ4v) is 4.09. The van der Waals surface area contributed by atoms with Gasteiger partial charge in [-0.2, -0.15) is 0 Å². The zero-order valence-corrected chi connectivity index (χ0v) is 23.1. The van der Waals surface area contributed by atoms with Crippen molar-refractivity contribution in [3.63, 3.8) is 0 Å². The minimum atomic E-state index is -3.90. The zero-order valence-electron chi connectivity index (χ0n) is 22.2. The van der Waals surface area contributed by atoms with Crippen molar-refractivity contribution in [3.05, 3.63) is 65.7 Å². The van der Waals surface area contributed by atoms with E-state index in [-0.39, 0.29) is 39.0 Å². The number of hydrazine groups is 1. The lowest BCUT2D eigenvalue weighted by molar-refractivity contribution is 0.0483. The summed E-state index contributed by atoms with van der Waals surface area (Å²) in [4.78, 5) is 44.7. The van der Waals surface area contributed by atoms with E-state index in [1.807, 2.05) is 0 Å². The fraction of sp³-hybridized carbons (Fsp3) is 0.240. The van der Waals surface area contributed by atoms with E-state index in [2.05, 4.69) is 36.8 Å². The molecule has 2 heterocycles. The number of amides is 3. The molecule has 2 aromatic heterocycles. The van der Waals surface area contributed by atoms with E-state index >= 15 is 0 Å². The Kier molecular flexibility index (Phi) is 8.88. The molecule has 5 N–H and O–H groups in total. The van der Waals surface area contributed by atoms with Gasteiger partial charge in [0.1, 0.15) is 23.1 Å². The van der Waals surface area contributed by atoms with Crippen LogP contribution in [0, 0.1) is 5.82 Å². The highest BCUT2D eigenvalue weighted by Gasteiger charge is 2.21. The molecule has 0 aliphatic rings. The van der Waals surface area contributed by atoms with Gasteiger partial charge < -0.3 is 20.7 Å². The maximum Gasteiger partial charge on any atom is 0.426 e. The third-order valence-electron chi connectivity index (χ3n) is 4.95. The minimum absolute atomic E-state index is 0.0568. The Labute approximate surface area is 229 Å². The average molecular weight is 574 g/mol. The summed E-state index contributed by atoms with van der Waals surface area (Å²) in [5.41, 5.74) is 3.70. The number of carbonyl (C=O) groups excluding carboxylic acids is 3. The summed E-state index contributed by atoms with van der Waals surface area (Å²) in [6.07, 6.45) is 2.33. The number of halogens is 1. The van der Waals surface area contributed by atoms with Gasteiger partial charge in [0.25, 0.3) is 11.8 Å². The molecule has 0 atom stereocenters. The van der Waals surface area contributed by atoms with Gasteiger partial charge in [0, 0.05) is 31.1 Å². The van der Waals surface area contributed by atoms with Gasteiger partial charge in [-0.15, -0.1) is 0 Å². The maximum atomic E-state index is 13.2. The third-order valence-corrected chi connectivity index (χ3v) is 6.09. The van der Waals surface area contributed by atoms with Crippen LogP contribution in [0.3, 0.4) is 0 Å². The van der Waals surface area contributed by atoms with Gasteiger partial charge in [0.05, 0.1) is 28.0 Å². The van der Waals surface area contributed by atoms with Crippen molar-refractivity contribution >= 4 is 50.8 Å². The average Bonchev–Trinajstić information content (AvgIpc) is 2.87. The number of nitrogens with one attached hydrogen (secondary N) is 5. The maximum absolute atomic E-state index is 13.2. The zero-order chi connectivity index (χ0) is 29.7. The van der Waals surface area contributed by atoms with Crippen molar-refractivity contribution in [2.75, 3.05) is 23.9 Å². The number of rotatable bonds is 7. The molecule has 0 bridgehead atoms. The molecule has 13 nitrogen and oxygen atoms in total. The van der Waals surface area contributed by atoms with Crippen LogP contribution in [-0.4, -0.2) is 55.2 Å². The number of ether oxygens (including phenoxy) is 1. The molecule has 0 unspecified atom stereocenters. The van der Waals surface area contributed by atoms with Crippen LogP contribution < -0.4 is 26.8 Å². The summed E-state index contributed by atoms with van der Waals surface area (Å²) in [5.74, 6) is -1.33. The molecule has 0 radical (unpaired) electrons. The van der Waals surface area contributed by atoms with Crippen molar-refractivity contribution in [2.24, 2.45) is 0 Å². The molecular formula is C25H28FN7O6S. The summed E-state index contributed by atoms with van der Waals surface area (Å²) in [5, 5.41) is 8.27. The van der Waals surface area contributed by atoms with Gasteiger partial charge in [-0.05, 0) is 51.1 Å². The van der Waals surface area contributed by atoms with E-state index in [4.69, 9.17) is 4.74 Å². The van der Waals surface area contributed by atoms with Gasteiger partial charge in [0.15, 0.2) is 9.84 Å². The van der Waals surface area contributed by atoms with Gasteiger partial charge in [-0.25, -0.2) is 33.0 Å². The molecule has 0 aliphatic carbocycles. The molecular weight excluding hydrogens is 545 g/mol. The second-order valence-corrected chi connectivity index (χ2v) is 11.4. The molecule has 0 spiro atoms. The van der Waals surface area contributed by atoms with E-state index in [1.54, 1.807) is 20.8 Å². The predicted molar refractivity (Wildman–Crippen MR) is 145 cm³/mol. The van der Waals surface area contributed by atoms with Crippen LogP contribution in [0.4, 0.5) is 32.2 Å². The summed E-state index contributed by atoms with van der Waals surface area (Å²) >= 11 is 0. The number of hydrogen-bond acceptors (Lipinski definition) is 10. The van der Waals surface area contributed by atoms with Crippen molar-refractivity contribution in [1.29, 1.82) is 0 Å². The standard InChI is InChI=1S/C25H28FN7O6S/c1-25(2,3)39-24(36)33-32-22(34)14-6-8-17(19(10-14)40(5,37)38)30-18-11-21(29-13-16(18)23(35)27-4)31-20-9-7-15(26)12-28-20/h6-13H,1-5H3,(H,27,35)(H,32,34)(H,33,36)(H2,28,29,30,31). The summed E-state index contributed by atoms with van der Waals surface area (Å²) in [6, 6.07) is 7.80. The van der Waals surface area contributed by atoms with E-state index < -0.39 is 39.2 Å². The molecule has 40 heavy (non-hydrogen) atoms. The highest BCUT2D eigenvalue weighted by molar-refractivity contribution is 7.90. The summed E-state index contributed by atoms with van der Waals surface area (Å²) in [7, 11) is -2.48. The number of nitrogens with zero attached hydrogens (tertiary/aromatic N) is 2. The molecule has 15 heteroatoms. The Morgan fingerprint density at radius 2 is 1.57 bits per heavy atom. The number of anilines is 4. The van der Waals surface area contributed by atoms with Crippen LogP contribution in [0.2, 0.25) is 0 Å². The lowest BCUT2D eigenvalue weighted by Crippen LogP contribution is -2.44. The molecule has 3 amide bonds. The van der Waals surface area contributed by atoms with Crippen LogP contribution in [-0.2, 0) is 14.6 Å². The number of hydrogen-bond donors (Lipinski definition) is 5.